The molecule has 0 aliphatic heterocycles. The van der Waals surface area contributed by atoms with Crippen LogP contribution in [0.2, 0.25) is 0 Å². The first-order valence-electron chi connectivity index (χ1n) is 5.44. The second-order valence-corrected chi connectivity index (χ2v) is 4.39. The lowest BCUT2D eigenvalue weighted by atomic mass is 9.87. The minimum Gasteiger partial charge on any atom is -0.303 e. The van der Waals surface area contributed by atoms with Crippen LogP contribution in [0.1, 0.15) is 46.0 Å². The predicted molar refractivity (Wildman–Crippen MR) is 54.3 cm³/mol. The van der Waals surface area contributed by atoms with Crippen molar-refractivity contribution in [3.8, 4) is 0 Å². The van der Waals surface area contributed by atoms with E-state index in [1.54, 1.807) is 0 Å². The largest absolute Gasteiger partial charge is 0.303 e. The molecule has 0 atom stereocenters. The summed E-state index contributed by atoms with van der Waals surface area (Å²) >= 11 is 0. The van der Waals surface area contributed by atoms with Crippen LogP contribution < -0.4 is 0 Å². The fourth-order valence-corrected chi connectivity index (χ4v) is 2.22. The summed E-state index contributed by atoms with van der Waals surface area (Å²) in [6.45, 7) is 5.93. The van der Waals surface area contributed by atoms with Gasteiger partial charge >= 0.3 is 0 Å². The molecule has 0 saturated heterocycles. The molecule has 72 valence electrons. The van der Waals surface area contributed by atoms with Crippen LogP contribution in [0.3, 0.4) is 0 Å². The van der Waals surface area contributed by atoms with E-state index in [4.69, 9.17) is 0 Å². The second-order valence-electron chi connectivity index (χ2n) is 4.39. The number of rotatable bonds is 3. The molecular weight excluding hydrogens is 146 g/mol. The van der Waals surface area contributed by atoms with E-state index in [2.05, 4.69) is 25.8 Å². The summed E-state index contributed by atoms with van der Waals surface area (Å²) < 4.78 is 0. The lowest BCUT2D eigenvalue weighted by Crippen LogP contribution is -2.35. The zero-order valence-corrected chi connectivity index (χ0v) is 8.84. The van der Waals surface area contributed by atoms with Crippen molar-refractivity contribution in [3.63, 3.8) is 0 Å². The van der Waals surface area contributed by atoms with E-state index in [1.807, 2.05) is 0 Å². The quantitative estimate of drug-likeness (QED) is 0.628. The standard InChI is InChI=1S/C11H23N/c1-4-9-12(3)11-7-5-10(2)6-8-11/h10-11H,4-9H2,1-3H3. The van der Waals surface area contributed by atoms with Gasteiger partial charge in [-0.25, -0.2) is 0 Å². The van der Waals surface area contributed by atoms with E-state index in [9.17, 15) is 0 Å². The zero-order valence-electron chi connectivity index (χ0n) is 8.84. The van der Waals surface area contributed by atoms with Gasteiger partial charge in [0, 0.05) is 6.04 Å². The minimum atomic E-state index is 0.890. The third-order valence-corrected chi connectivity index (χ3v) is 3.19. The van der Waals surface area contributed by atoms with Gasteiger partial charge in [-0.2, -0.15) is 0 Å². The number of hydrogen-bond acceptors (Lipinski definition) is 1. The van der Waals surface area contributed by atoms with Gasteiger partial charge in [-0.3, -0.25) is 0 Å². The second kappa shape index (κ2) is 4.86. The molecule has 0 radical (unpaired) electrons. The van der Waals surface area contributed by atoms with Crippen molar-refractivity contribution in [1.82, 2.24) is 4.90 Å². The summed E-state index contributed by atoms with van der Waals surface area (Å²) in [7, 11) is 2.28. The van der Waals surface area contributed by atoms with E-state index in [0.29, 0.717) is 0 Å². The predicted octanol–water partition coefficient (Wildman–Crippen LogP) is 2.91. The Morgan fingerprint density at radius 1 is 1.17 bits per heavy atom. The van der Waals surface area contributed by atoms with Crippen molar-refractivity contribution in [3.05, 3.63) is 0 Å². The van der Waals surface area contributed by atoms with Gasteiger partial charge in [0.05, 0.1) is 0 Å². The molecule has 0 aromatic rings. The molecule has 0 spiro atoms. The minimum absolute atomic E-state index is 0.890. The lowest BCUT2D eigenvalue weighted by molar-refractivity contribution is 0.170. The maximum absolute atomic E-state index is 2.55. The Kier molecular flexibility index (Phi) is 4.07. The Balaban J connectivity index is 2.24. The monoisotopic (exact) mass is 169 g/mol. The van der Waals surface area contributed by atoms with Crippen LogP contribution in [-0.4, -0.2) is 24.5 Å². The van der Waals surface area contributed by atoms with E-state index in [1.165, 1.54) is 38.6 Å². The molecule has 0 heterocycles. The summed E-state index contributed by atoms with van der Waals surface area (Å²) in [6, 6.07) is 0.890. The van der Waals surface area contributed by atoms with Crippen LogP contribution in [0.15, 0.2) is 0 Å². The molecule has 1 heteroatoms. The fraction of sp³-hybridized carbons (Fsp3) is 1.00. The van der Waals surface area contributed by atoms with Crippen LogP contribution in [0.5, 0.6) is 0 Å². The van der Waals surface area contributed by atoms with Crippen molar-refractivity contribution in [1.29, 1.82) is 0 Å². The van der Waals surface area contributed by atoms with Gasteiger partial charge in [-0.15, -0.1) is 0 Å². The summed E-state index contributed by atoms with van der Waals surface area (Å²) in [5, 5.41) is 0. The van der Waals surface area contributed by atoms with Crippen LogP contribution in [0.25, 0.3) is 0 Å². The summed E-state index contributed by atoms with van der Waals surface area (Å²) in [5.41, 5.74) is 0. The molecule has 0 unspecified atom stereocenters. The highest BCUT2D eigenvalue weighted by atomic mass is 15.1. The van der Waals surface area contributed by atoms with Gasteiger partial charge in [0.1, 0.15) is 0 Å². The summed E-state index contributed by atoms with van der Waals surface area (Å²) in [6.07, 6.45) is 7.04. The number of nitrogens with zero attached hydrogens (tertiary/aromatic N) is 1. The maximum atomic E-state index is 2.55. The fourth-order valence-electron chi connectivity index (χ4n) is 2.22. The molecule has 0 aromatic carbocycles. The van der Waals surface area contributed by atoms with Crippen LogP contribution in [0, 0.1) is 5.92 Å². The zero-order chi connectivity index (χ0) is 8.97. The Morgan fingerprint density at radius 2 is 1.75 bits per heavy atom. The lowest BCUT2D eigenvalue weighted by Gasteiger charge is -2.33. The molecule has 1 nitrogen and oxygen atoms in total. The van der Waals surface area contributed by atoms with Gasteiger partial charge in [0.25, 0.3) is 0 Å². The first kappa shape index (κ1) is 10.0. The van der Waals surface area contributed by atoms with E-state index < -0.39 is 0 Å². The van der Waals surface area contributed by atoms with Gasteiger partial charge < -0.3 is 4.90 Å². The molecule has 1 aliphatic carbocycles. The van der Waals surface area contributed by atoms with Crippen LogP contribution in [-0.2, 0) is 0 Å². The molecule has 1 aliphatic rings. The first-order chi connectivity index (χ1) is 5.74. The Labute approximate surface area is 77.1 Å². The van der Waals surface area contributed by atoms with E-state index in [0.717, 1.165) is 12.0 Å². The van der Waals surface area contributed by atoms with Gasteiger partial charge in [0.15, 0.2) is 0 Å². The van der Waals surface area contributed by atoms with Crippen molar-refractivity contribution < 1.29 is 0 Å². The Bertz CT molecular complexity index is 114. The third-order valence-electron chi connectivity index (χ3n) is 3.19. The maximum Gasteiger partial charge on any atom is 0.00924 e. The molecular formula is C11H23N. The van der Waals surface area contributed by atoms with Crippen molar-refractivity contribution in [2.24, 2.45) is 5.92 Å². The molecule has 0 aromatic heterocycles. The molecule has 1 rings (SSSR count). The molecule has 1 fully saturated rings. The van der Waals surface area contributed by atoms with Crippen molar-refractivity contribution in [2.45, 2.75) is 52.0 Å². The summed E-state index contributed by atoms with van der Waals surface area (Å²) in [5.74, 6) is 0.983. The van der Waals surface area contributed by atoms with Crippen molar-refractivity contribution in [2.75, 3.05) is 13.6 Å². The highest BCUT2D eigenvalue weighted by Gasteiger charge is 2.20. The SMILES string of the molecule is CCCN(C)C1CCC(C)CC1. The Hall–Kier alpha value is -0.0400. The van der Waals surface area contributed by atoms with E-state index >= 15 is 0 Å². The third kappa shape index (κ3) is 2.78. The van der Waals surface area contributed by atoms with Crippen LogP contribution in [0.4, 0.5) is 0 Å². The molecule has 0 amide bonds. The average Bonchev–Trinajstić information content (AvgIpc) is 2.06. The highest BCUT2D eigenvalue weighted by molar-refractivity contribution is 4.75. The first-order valence-corrected chi connectivity index (χ1v) is 5.44. The van der Waals surface area contributed by atoms with Crippen LogP contribution >= 0.6 is 0 Å². The number of hydrogen-bond donors (Lipinski definition) is 0. The molecule has 0 bridgehead atoms. The smallest absolute Gasteiger partial charge is 0.00924 e. The Morgan fingerprint density at radius 3 is 2.25 bits per heavy atom. The van der Waals surface area contributed by atoms with Crippen molar-refractivity contribution >= 4 is 0 Å². The van der Waals surface area contributed by atoms with Gasteiger partial charge in [0.2, 0.25) is 0 Å². The molecule has 0 N–H and O–H groups in total. The average molecular weight is 169 g/mol. The summed E-state index contributed by atoms with van der Waals surface area (Å²) in [4.78, 5) is 2.55. The molecule has 12 heavy (non-hydrogen) atoms. The van der Waals surface area contributed by atoms with E-state index in [-0.39, 0.29) is 0 Å². The molecule has 1 saturated carbocycles. The van der Waals surface area contributed by atoms with Gasteiger partial charge in [-0.05, 0) is 51.6 Å². The normalized spacial score (nSPS) is 31.0. The van der Waals surface area contributed by atoms with Gasteiger partial charge in [-0.1, -0.05) is 13.8 Å². The topological polar surface area (TPSA) is 3.24 Å². The highest BCUT2D eigenvalue weighted by Crippen LogP contribution is 2.26.